The lowest BCUT2D eigenvalue weighted by Crippen LogP contribution is -2.11. The molecule has 0 aliphatic rings. The third-order valence-corrected chi connectivity index (χ3v) is 5.71. The maximum Gasteiger partial charge on any atom is 0.341 e. The minimum Gasteiger partial charge on any atom is -0.482 e. The molecule has 0 heterocycles. The highest BCUT2D eigenvalue weighted by atomic mass is 19.1. The Morgan fingerprint density at radius 1 is 0.900 bits per heavy atom. The maximum atomic E-state index is 13.7. The molecule has 3 nitrogen and oxygen atoms in total. The largest absolute Gasteiger partial charge is 0.482 e. The predicted molar refractivity (Wildman–Crippen MR) is 118 cm³/mol. The molecule has 156 valence electrons. The molecule has 0 saturated carbocycles. The van der Waals surface area contributed by atoms with Gasteiger partial charge in [-0.1, -0.05) is 30.3 Å². The molecule has 30 heavy (non-hydrogen) atoms. The fourth-order valence-corrected chi connectivity index (χ4v) is 3.84. The highest BCUT2D eigenvalue weighted by molar-refractivity contribution is 5.68. The summed E-state index contributed by atoms with van der Waals surface area (Å²) in [6.07, 6.45) is 1.65. The zero-order valence-electron chi connectivity index (χ0n) is 17.9. The van der Waals surface area contributed by atoms with Crippen LogP contribution in [0, 0.1) is 33.5 Å². The Morgan fingerprint density at radius 3 is 2.37 bits per heavy atom. The third kappa shape index (κ3) is 4.88. The van der Waals surface area contributed by atoms with Crippen LogP contribution in [0.15, 0.2) is 48.5 Å². The lowest BCUT2D eigenvalue weighted by atomic mass is 9.90. The van der Waals surface area contributed by atoms with E-state index in [1.54, 1.807) is 12.1 Å². The van der Waals surface area contributed by atoms with Gasteiger partial charge in [0.25, 0.3) is 0 Å². The van der Waals surface area contributed by atoms with E-state index in [-0.39, 0.29) is 12.4 Å². The van der Waals surface area contributed by atoms with Crippen LogP contribution < -0.4 is 4.74 Å². The molecule has 0 spiro atoms. The molecule has 0 aliphatic carbocycles. The summed E-state index contributed by atoms with van der Waals surface area (Å²) >= 11 is 0. The van der Waals surface area contributed by atoms with Crippen LogP contribution in [-0.4, -0.2) is 17.7 Å². The van der Waals surface area contributed by atoms with E-state index in [4.69, 9.17) is 9.84 Å². The first-order chi connectivity index (χ1) is 14.3. The van der Waals surface area contributed by atoms with Crippen molar-refractivity contribution in [3.8, 4) is 16.9 Å². The van der Waals surface area contributed by atoms with Gasteiger partial charge in [0, 0.05) is 0 Å². The van der Waals surface area contributed by atoms with Crippen molar-refractivity contribution >= 4 is 5.97 Å². The fourth-order valence-electron chi connectivity index (χ4n) is 3.84. The van der Waals surface area contributed by atoms with E-state index in [0.717, 1.165) is 35.1 Å². The summed E-state index contributed by atoms with van der Waals surface area (Å²) in [7, 11) is 0. The number of hydrogen-bond acceptors (Lipinski definition) is 2. The standard InChI is InChI=1S/C26H27FO3/c1-16-8-11-25(30-15-26(28)29)19(4)24(16)10-9-20-13-22(12-17(2)18(20)3)21-6-5-7-23(27)14-21/h5-8,11-14H,9-10,15H2,1-4H3,(H,28,29). The molecule has 3 rings (SSSR count). The predicted octanol–water partition coefficient (Wildman–Crippen LogP) is 5.97. The van der Waals surface area contributed by atoms with Crippen LogP contribution in [-0.2, 0) is 17.6 Å². The minimum atomic E-state index is -0.989. The number of halogens is 1. The molecule has 0 unspecified atom stereocenters. The van der Waals surface area contributed by atoms with Crippen LogP contribution in [0.4, 0.5) is 4.39 Å². The molecule has 3 aromatic carbocycles. The lowest BCUT2D eigenvalue weighted by Gasteiger charge is -2.17. The second-order valence-electron chi connectivity index (χ2n) is 7.75. The minimum absolute atomic E-state index is 0.239. The van der Waals surface area contributed by atoms with Crippen molar-refractivity contribution in [2.45, 2.75) is 40.5 Å². The van der Waals surface area contributed by atoms with Gasteiger partial charge >= 0.3 is 5.97 Å². The molecular weight excluding hydrogens is 379 g/mol. The Morgan fingerprint density at radius 2 is 1.67 bits per heavy atom. The number of benzene rings is 3. The molecule has 0 amide bonds. The second kappa shape index (κ2) is 9.12. The molecule has 3 aromatic rings. The third-order valence-electron chi connectivity index (χ3n) is 5.71. The Balaban J connectivity index is 1.89. The van der Waals surface area contributed by atoms with E-state index in [0.29, 0.717) is 5.75 Å². The van der Waals surface area contributed by atoms with Crippen LogP contribution >= 0.6 is 0 Å². The second-order valence-corrected chi connectivity index (χ2v) is 7.75. The molecular formula is C26H27FO3. The molecule has 0 aromatic heterocycles. The fraction of sp³-hybridized carbons (Fsp3) is 0.269. The average Bonchev–Trinajstić information content (AvgIpc) is 2.70. The molecule has 0 fully saturated rings. The molecule has 4 heteroatoms. The van der Waals surface area contributed by atoms with Gasteiger partial charge in [-0.2, -0.15) is 0 Å². The van der Waals surface area contributed by atoms with Gasteiger partial charge in [-0.15, -0.1) is 0 Å². The number of hydrogen-bond donors (Lipinski definition) is 1. The van der Waals surface area contributed by atoms with Crippen molar-refractivity contribution in [2.24, 2.45) is 0 Å². The van der Waals surface area contributed by atoms with E-state index in [1.807, 2.05) is 25.1 Å². The van der Waals surface area contributed by atoms with Gasteiger partial charge in [-0.3, -0.25) is 0 Å². The lowest BCUT2D eigenvalue weighted by molar-refractivity contribution is -0.139. The summed E-state index contributed by atoms with van der Waals surface area (Å²) in [5, 5.41) is 8.89. The summed E-state index contributed by atoms with van der Waals surface area (Å²) in [6, 6.07) is 14.7. The topological polar surface area (TPSA) is 46.5 Å². The van der Waals surface area contributed by atoms with E-state index >= 15 is 0 Å². The number of aliphatic carboxylic acids is 1. The van der Waals surface area contributed by atoms with E-state index in [2.05, 4.69) is 32.9 Å². The quantitative estimate of drug-likeness (QED) is 0.525. The Kier molecular flexibility index (Phi) is 6.56. The number of rotatable bonds is 7. The number of aryl methyl sites for hydroxylation is 3. The van der Waals surface area contributed by atoms with Gasteiger partial charge in [0.15, 0.2) is 6.61 Å². The van der Waals surface area contributed by atoms with Crippen LogP contribution in [0.25, 0.3) is 11.1 Å². The highest BCUT2D eigenvalue weighted by Gasteiger charge is 2.12. The summed E-state index contributed by atoms with van der Waals surface area (Å²) < 4.78 is 19.1. The maximum absolute atomic E-state index is 13.7. The Hall–Kier alpha value is -3.14. The highest BCUT2D eigenvalue weighted by Crippen LogP contribution is 2.29. The van der Waals surface area contributed by atoms with Crippen molar-refractivity contribution in [1.82, 2.24) is 0 Å². The van der Waals surface area contributed by atoms with Gasteiger partial charge in [-0.05, 0) is 103 Å². The molecule has 0 bridgehead atoms. The SMILES string of the molecule is Cc1cc(-c2cccc(F)c2)cc(CCc2c(C)ccc(OCC(=O)O)c2C)c1C. The molecule has 0 aliphatic heterocycles. The molecule has 0 saturated heterocycles. The summed E-state index contributed by atoms with van der Waals surface area (Å²) in [5.41, 5.74) is 8.84. The number of carboxylic acids is 1. The van der Waals surface area contributed by atoms with Crippen molar-refractivity contribution < 1.29 is 19.0 Å². The van der Waals surface area contributed by atoms with Crippen LogP contribution in [0.3, 0.4) is 0 Å². The molecule has 0 atom stereocenters. The van der Waals surface area contributed by atoms with Gasteiger partial charge in [-0.25, -0.2) is 9.18 Å². The first-order valence-corrected chi connectivity index (χ1v) is 10.1. The summed E-state index contributed by atoms with van der Waals surface area (Å²) in [4.78, 5) is 10.8. The van der Waals surface area contributed by atoms with Gasteiger partial charge in [0.2, 0.25) is 0 Å². The zero-order valence-corrected chi connectivity index (χ0v) is 17.9. The first-order valence-electron chi connectivity index (χ1n) is 10.1. The average molecular weight is 406 g/mol. The van der Waals surface area contributed by atoms with E-state index in [1.165, 1.54) is 28.3 Å². The van der Waals surface area contributed by atoms with Crippen LogP contribution in [0.5, 0.6) is 5.75 Å². The van der Waals surface area contributed by atoms with Crippen molar-refractivity contribution in [3.05, 3.63) is 87.7 Å². The van der Waals surface area contributed by atoms with Crippen molar-refractivity contribution in [1.29, 1.82) is 0 Å². The van der Waals surface area contributed by atoms with Gasteiger partial charge in [0.1, 0.15) is 11.6 Å². The Bertz CT molecular complexity index is 1090. The van der Waals surface area contributed by atoms with Crippen molar-refractivity contribution in [3.63, 3.8) is 0 Å². The van der Waals surface area contributed by atoms with E-state index < -0.39 is 5.97 Å². The molecule has 0 radical (unpaired) electrons. The van der Waals surface area contributed by atoms with Gasteiger partial charge in [0.05, 0.1) is 0 Å². The van der Waals surface area contributed by atoms with Crippen LogP contribution in [0.1, 0.15) is 33.4 Å². The number of carbonyl (C=O) groups is 1. The smallest absolute Gasteiger partial charge is 0.341 e. The van der Waals surface area contributed by atoms with Crippen molar-refractivity contribution in [2.75, 3.05) is 6.61 Å². The number of ether oxygens (including phenoxy) is 1. The summed E-state index contributed by atoms with van der Waals surface area (Å²) in [5.74, 6) is -0.618. The summed E-state index contributed by atoms with van der Waals surface area (Å²) in [6.45, 7) is 7.88. The monoisotopic (exact) mass is 406 g/mol. The first kappa shape index (κ1) is 21.6. The van der Waals surface area contributed by atoms with Gasteiger partial charge < -0.3 is 9.84 Å². The molecule has 1 N–H and O–H groups in total. The normalized spacial score (nSPS) is 10.8. The zero-order chi connectivity index (χ0) is 21.8. The van der Waals surface area contributed by atoms with Crippen LogP contribution in [0.2, 0.25) is 0 Å². The Labute approximate surface area is 177 Å². The van der Waals surface area contributed by atoms with E-state index in [9.17, 15) is 9.18 Å². The number of carboxylic acid groups (broad SMARTS) is 1.